The average molecular weight is 534 g/mol. The van der Waals surface area contributed by atoms with Crippen molar-refractivity contribution in [2.45, 2.75) is 61.5 Å². The van der Waals surface area contributed by atoms with Crippen molar-refractivity contribution >= 4 is 27.3 Å². The van der Waals surface area contributed by atoms with Crippen molar-refractivity contribution in [3.8, 4) is 0 Å². The zero-order valence-electron chi connectivity index (χ0n) is 20.6. The Morgan fingerprint density at radius 3 is 2.94 bits per heavy atom. The highest BCUT2D eigenvalue weighted by Gasteiger charge is 2.41. The minimum absolute atomic E-state index is 0.0876. The number of amides is 1. The summed E-state index contributed by atoms with van der Waals surface area (Å²) in [6, 6.07) is 2.61. The standard InChI is InChI=1S/C25H35N5O4S2/c1-2-3-4-11-29-12-13-30(36(33,34)22-6-5-14-35-22)21(16-29)24(31)27-17-7-8-20-19(15-17)18-9-10-26-25(32)23(18)28-20/h5-7,14-15,20-21,25-26,28,32H,2-4,8-13,16H2,1H3,(H,27,31). The van der Waals surface area contributed by atoms with Gasteiger partial charge in [-0.1, -0.05) is 31.9 Å². The first kappa shape index (κ1) is 25.6. The van der Waals surface area contributed by atoms with E-state index in [1.807, 2.05) is 12.2 Å². The summed E-state index contributed by atoms with van der Waals surface area (Å²) < 4.78 is 28.5. The Bertz CT molecular complexity index is 1170. The van der Waals surface area contributed by atoms with Crippen molar-refractivity contribution in [1.82, 2.24) is 25.2 Å². The highest BCUT2D eigenvalue weighted by atomic mass is 32.2. The lowest BCUT2D eigenvalue weighted by Crippen LogP contribution is -2.60. The van der Waals surface area contributed by atoms with E-state index in [-0.39, 0.29) is 22.7 Å². The Balaban J connectivity index is 1.35. The number of nitrogens with one attached hydrogen (secondary N) is 3. The quantitative estimate of drug-likeness (QED) is 0.375. The molecule has 9 nitrogen and oxygen atoms in total. The first-order chi connectivity index (χ1) is 17.4. The zero-order valence-corrected chi connectivity index (χ0v) is 22.2. The van der Waals surface area contributed by atoms with E-state index in [9.17, 15) is 18.3 Å². The van der Waals surface area contributed by atoms with Crippen LogP contribution < -0.4 is 16.0 Å². The summed E-state index contributed by atoms with van der Waals surface area (Å²) in [7, 11) is -3.76. The third-order valence-electron chi connectivity index (χ3n) is 7.37. The molecule has 196 valence electrons. The van der Waals surface area contributed by atoms with E-state index in [0.29, 0.717) is 31.8 Å². The molecule has 0 aromatic carbocycles. The molecule has 4 N–H and O–H groups in total. The minimum atomic E-state index is -3.76. The van der Waals surface area contributed by atoms with Gasteiger partial charge in [0.1, 0.15) is 16.5 Å². The number of sulfonamides is 1. The second kappa shape index (κ2) is 10.8. The summed E-state index contributed by atoms with van der Waals surface area (Å²) in [6.45, 7) is 4.99. The van der Waals surface area contributed by atoms with Crippen LogP contribution in [0.15, 0.2) is 56.4 Å². The van der Waals surface area contributed by atoms with Crippen LogP contribution in [0.1, 0.15) is 39.0 Å². The van der Waals surface area contributed by atoms with Gasteiger partial charge in [-0.05, 0) is 54.5 Å². The Hall–Kier alpha value is -2.02. The van der Waals surface area contributed by atoms with Gasteiger partial charge in [-0.2, -0.15) is 4.31 Å². The fourth-order valence-corrected chi connectivity index (χ4v) is 8.16. The summed E-state index contributed by atoms with van der Waals surface area (Å²) in [4.78, 5) is 15.8. The van der Waals surface area contributed by atoms with Gasteiger partial charge >= 0.3 is 0 Å². The monoisotopic (exact) mass is 533 g/mol. The number of allylic oxidation sites excluding steroid dienone is 1. The summed E-state index contributed by atoms with van der Waals surface area (Å²) in [5.41, 5.74) is 3.71. The van der Waals surface area contributed by atoms with E-state index >= 15 is 0 Å². The molecule has 1 aromatic heterocycles. The molecule has 0 bridgehead atoms. The number of carbonyl (C=O) groups is 1. The number of piperazine rings is 1. The first-order valence-electron chi connectivity index (χ1n) is 12.8. The number of thiophene rings is 1. The smallest absolute Gasteiger partial charge is 0.253 e. The third kappa shape index (κ3) is 5.05. The molecule has 4 heterocycles. The van der Waals surface area contributed by atoms with Crippen molar-refractivity contribution in [1.29, 1.82) is 0 Å². The third-order valence-corrected chi connectivity index (χ3v) is 10.7. The van der Waals surface area contributed by atoms with Gasteiger partial charge in [-0.3, -0.25) is 15.0 Å². The molecule has 3 aliphatic heterocycles. The maximum absolute atomic E-state index is 13.6. The van der Waals surface area contributed by atoms with Crippen LogP contribution in [0.4, 0.5) is 0 Å². The van der Waals surface area contributed by atoms with Gasteiger partial charge in [-0.25, -0.2) is 8.42 Å². The number of rotatable bonds is 8. The highest BCUT2D eigenvalue weighted by molar-refractivity contribution is 7.91. The van der Waals surface area contributed by atoms with Crippen LogP contribution in [-0.2, 0) is 14.8 Å². The summed E-state index contributed by atoms with van der Waals surface area (Å²) in [6.07, 6.45) is 8.00. The molecule has 0 saturated carbocycles. The zero-order chi connectivity index (χ0) is 25.3. The maximum Gasteiger partial charge on any atom is 0.253 e. The molecular formula is C25H35N5O4S2. The largest absolute Gasteiger partial charge is 0.378 e. The van der Waals surface area contributed by atoms with Crippen LogP contribution >= 0.6 is 11.3 Å². The van der Waals surface area contributed by atoms with Gasteiger partial charge in [-0.15, -0.1) is 11.3 Å². The fraction of sp³-hybridized carbons (Fsp3) is 0.560. The van der Waals surface area contributed by atoms with E-state index in [1.54, 1.807) is 17.5 Å². The van der Waals surface area contributed by atoms with E-state index < -0.39 is 22.3 Å². The lowest BCUT2D eigenvalue weighted by molar-refractivity contribution is -0.125. The Morgan fingerprint density at radius 2 is 2.17 bits per heavy atom. The van der Waals surface area contributed by atoms with Crippen LogP contribution in [0, 0.1) is 0 Å². The van der Waals surface area contributed by atoms with Crippen molar-refractivity contribution < 1.29 is 18.3 Å². The van der Waals surface area contributed by atoms with E-state index in [0.717, 1.165) is 49.1 Å². The second-order valence-electron chi connectivity index (χ2n) is 9.75. The second-order valence-corrected chi connectivity index (χ2v) is 12.8. The normalized spacial score (nSPS) is 27.1. The summed E-state index contributed by atoms with van der Waals surface area (Å²) in [5, 5.41) is 21.5. The molecule has 11 heteroatoms. The molecule has 0 spiro atoms. The number of nitrogens with zero attached hydrogens (tertiary/aromatic N) is 2. The van der Waals surface area contributed by atoms with E-state index in [4.69, 9.17) is 0 Å². The molecule has 4 aliphatic rings. The van der Waals surface area contributed by atoms with Crippen molar-refractivity contribution in [2.75, 3.05) is 32.7 Å². The molecular weight excluding hydrogens is 498 g/mol. The topological polar surface area (TPSA) is 114 Å². The first-order valence-corrected chi connectivity index (χ1v) is 15.1. The molecule has 36 heavy (non-hydrogen) atoms. The van der Waals surface area contributed by atoms with Crippen LogP contribution in [0.3, 0.4) is 0 Å². The van der Waals surface area contributed by atoms with Gasteiger partial charge in [0.15, 0.2) is 0 Å². The van der Waals surface area contributed by atoms with E-state index in [2.05, 4.69) is 27.8 Å². The van der Waals surface area contributed by atoms with Gasteiger partial charge in [0.2, 0.25) is 5.91 Å². The molecule has 1 aliphatic carbocycles. The van der Waals surface area contributed by atoms with Crippen LogP contribution in [0.2, 0.25) is 0 Å². The number of hydrogen-bond donors (Lipinski definition) is 4. The van der Waals surface area contributed by atoms with E-state index in [1.165, 1.54) is 15.6 Å². The summed E-state index contributed by atoms with van der Waals surface area (Å²) >= 11 is 1.18. The SMILES string of the molecule is CCCCCN1CCN(S(=O)(=O)c2cccs2)C(C(=O)NC2=CCC3NC4=C(CCNC4O)C3=C2)C1. The lowest BCUT2D eigenvalue weighted by atomic mass is 9.91. The van der Waals surface area contributed by atoms with Crippen LogP contribution in [-0.4, -0.2) is 79.7 Å². The highest BCUT2D eigenvalue weighted by Crippen LogP contribution is 2.35. The number of fused-ring (bicyclic) bond motifs is 2. The predicted molar refractivity (Wildman–Crippen MR) is 139 cm³/mol. The number of unbranched alkanes of at least 4 members (excludes halogenated alkanes) is 2. The molecule has 0 radical (unpaired) electrons. The van der Waals surface area contributed by atoms with Crippen LogP contribution in [0.25, 0.3) is 0 Å². The molecule has 1 aromatic rings. The fourth-order valence-electron chi connectivity index (χ4n) is 5.47. The number of hydrogen-bond acceptors (Lipinski definition) is 8. The number of aliphatic hydroxyl groups excluding tert-OH is 1. The Kier molecular flexibility index (Phi) is 7.66. The maximum atomic E-state index is 13.6. The lowest BCUT2D eigenvalue weighted by Gasteiger charge is -2.39. The molecule has 1 amide bonds. The molecule has 5 rings (SSSR count). The van der Waals surface area contributed by atoms with Gasteiger partial charge < -0.3 is 15.7 Å². The molecule has 1 fully saturated rings. The van der Waals surface area contributed by atoms with Gasteiger partial charge in [0.05, 0.1) is 11.7 Å². The minimum Gasteiger partial charge on any atom is -0.378 e. The van der Waals surface area contributed by atoms with Crippen LogP contribution in [0.5, 0.6) is 0 Å². The Morgan fingerprint density at radius 1 is 1.31 bits per heavy atom. The number of carbonyl (C=O) groups excluding carboxylic acids is 1. The van der Waals surface area contributed by atoms with Gasteiger partial charge in [0.25, 0.3) is 10.0 Å². The average Bonchev–Trinajstić information content (AvgIpc) is 3.54. The molecule has 3 atom stereocenters. The summed E-state index contributed by atoms with van der Waals surface area (Å²) in [5.74, 6) is -0.303. The predicted octanol–water partition coefficient (Wildman–Crippen LogP) is 1.48. The van der Waals surface area contributed by atoms with Crippen molar-refractivity contribution in [2.24, 2.45) is 0 Å². The molecule has 1 saturated heterocycles. The molecule has 3 unspecified atom stereocenters. The Labute approximate surface area is 217 Å². The van der Waals surface area contributed by atoms with Gasteiger partial charge in [0, 0.05) is 31.9 Å². The van der Waals surface area contributed by atoms with Crippen molar-refractivity contribution in [3.63, 3.8) is 0 Å². The number of aliphatic hydroxyl groups is 1. The van der Waals surface area contributed by atoms with Crippen molar-refractivity contribution in [3.05, 3.63) is 52.2 Å².